The smallest absolute Gasteiger partial charge is 0.255 e. The molecule has 0 aliphatic rings. The van der Waals surface area contributed by atoms with Gasteiger partial charge in [0.2, 0.25) is 0 Å². The number of hydrogen-bond donors (Lipinski definition) is 2. The van der Waals surface area contributed by atoms with E-state index < -0.39 is 23.4 Å². The zero-order chi connectivity index (χ0) is 14.9. The number of anilines is 1. The quantitative estimate of drug-likeness (QED) is 0.656. The van der Waals surface area contributed by atoms with Crippen LogP contribution in [0.5, 0.6) is 5.75 Å². The molecule has 20 heavy (non-hydrogen) atoms. The Morgan fingerprint density at radius 3 is 2.25 bits per heavy atom. The van der Waals surface area contributed by atoms with Crippen molar-refractivity contribution < 1.29 is 23.1 Å². The average molecular weight is 302 g/mol. The lowest BCUT2D eigenvalue weighted by Gasteiger charge is -2.07. The lowest BCUT2D eigenvalue weighted by atomic mass is 10.2. The minimum absolute atomic E-state index is 0.000678. The largest absolute Gasteiger partial charge is 0.506 e. The molecule has 0 spiro atoms. The summed E-state index contributed by atoms with van der Waals surface area (Å²) in [6.45, 7) is 0. The van der Waals surface area contributed by atoms with Gasteiger partial charge in [0.1, 0.15) is 5.75 Å². The molecule has 0 bridgehead atoms. The Morgan fingerprint density at radius 2 is 1.70 bits per heavy atom. The lowest BCUT2D eigenvalue weighted by molar-refractivity contribution is 0.102. The SMILES string of the molecule is O=C(Nc1ccc(O)c(Cl)c1)c1cc(F)c(F)c(F)c1. The number of aromatic hydroxyl groups is 1. The molecule has 0 saturated carbocycles. The molecule has 0 unspecified atom stereocenters. The van der Waals surface area contributed by atoms with Crippen molar-refractivity contribution in [1.29, 1.82) is 0 Å². The monoisotopic (exact) mass is 301 g/mol. The number of halogens is 4. The van der Waals surface area contributed by atoms with E-state index in [1.165, 1.54) is 18.2 Å². The molecule has 0 aliphatic carbocycles. The minimum atomic E-state index is -1.64. The molecule has 104 valence electrons. The van der Waals surface area contributed by atoms with Crippen molar-refractivity contribution in [1.82, 2.24) is 0 Å². The highest BCUT2D eigenvalue weighted by molar-refractivity contribution is 6.32. The van der Waals surface area contributed by atoms with E-state index >= 15 is 0 Å². The second-order valence-electron chi connectivity index (χ2n) is 3.87. The Kier molecular flexibility index (Phi) is 3.85. The van der Waals surface area contributed by atoms with Crippen LogP contribution >= 0.6 is 11.6 Å². The van der Waals surface area contributed by atoms with Gasteiger partial charge in [0.25, 0.3) is 5.91 Å². The molecule has 2 aromatic rings. The van der Waals surface area contributed by atoms with Crippen LogP contribution in [-0.2, 0) is 0 Å². The average Bonchev–Trinajstić information content (AvgIpc) is 2.39. The highest BCUT2D eigenvalue weighted by Crippen LogP contribution is 2.26. The van der Waals surface area contributed by atoms with Gasteiger partial charge in [-0.2, -0.15) is 0 Å². The Labute approximate surface area is 116 Å². The van der Waals surface area contributed by atoms with E-state index in [0.717, 1.165) is 0 Å². The van der Waals surface area contributed by atoms with Gasteiger partial charge in [0, 0.05) is 11.3 Å². The molecule has 7 heteroatoms. The maximum Gasteiger partial charge on any atom is 0.255 e. The minimum Gasteiger partial charge on any atom is -0.506 e. The number of phenolic OH excluding ortho intramolecular Hbond substituents is 1. The van der Waals surface area contributed by atoms with Crippen molar-refractivity contribution in [3.05, 3.63) is 58.4 Å². The molecule has 0 atom stereocenters. The fraction of sp³-hybridized carbons (Fsp3) is 0. The lowest BCUT2D eigenvalue weighted by Crippen LogP contribution is -2.13. The van der Waals surface area contributed by atoms with Crippen molar-refractivity contribution in [2.45, 2.75) is 0 Å². The van der Waals surface area contributed by atoms with Gasteiger partial charge in [-0.25, -0.2) is 13.2 Å². The third-order valence-corrected chi connectivity index (χ3v) is 2.75. The van der Waals surface area contributed by atoms with Gasteiger partial charge in [-0.05, 0) is 30.3 Å². The number of benzene rings is 2. The number of carbonyl (C=O) groups excluding carboxylic acids is 1. The van der Waals surface area contributed by atoms with E-state index in [2.05, 4.69) is 5.32 Å². The van der Waals surface area contributed by atoms with E-state index in [0.29, 0.717) is 12.1 Å². The van der Waals surface area contributed by atoms with Crippen molar-refractivity contribution in [2.24, 2.45) is 0 Å². The van der Waals surface area contributed by atoms with Crippen LogP contribution in [0.1, 0.15) is 10.4 Å². The number of nitrogens with one attached hydrogen (secondary N) is 1. The second-order valence-corrected chi connectivity index (χ2v) is 4.28. The summed E-state index contributed by atoms with van der Waals surface area (Å²) in [7, 11) is 0. The Bertz CT molecular complexity index is 668. The molecule has 0 saturated heterocycles. The second kappa shape index (κ2) is 5.42. The van der Waals surface area contributed by atoms with Gasteiger partial charge in [-0.1, -0.05) is 11.6 Å². The van der Waals surface area contributed by atoms with Gasteiger partial charge >= 0.3 is 0 Å². The van der Waals surface area contributed by atoms with Gasteiger partial charge < -0.3 is 10.4 Å². The predicted octanol–water partition coefficient (Wildman–Crippen LogP) is 3.72. The molecular weight excluding hydrogens is 295 g/mol. The zero-order valence-electron chi connectivity index (χ0n) is 9.75. The molecule has 3 nitrogen and oxygen atoms in total. The fourth-order valence-electron chi connectivity index (χ4n) is 1.47. The van der Waals surface area contributed by atoms with Gasteiger partial charge in [0.15, 0.2) is 17.5 Å². The molecule has 0 heterocycles. The highest BCUT2D eigenvalue weighted by atomic mass is 35.5. The van der Waals surface area contributed by atoms with E-state index in [9.17, 15) is 23.1 Å². The molecule has 2 aromatic carbocycles. The summed E-state index contributed by atoms with van der Waals surface area (Å²) < 4.78 is 38.8. The van der Waals surface area contributed by atoms with Crippen LogP contribution in [-0.4, -0.2) is 11.0 Å². The topological polar surface area (TPSA) is 49.3 Å². The van der Waals surface area contributed by atoms with Crippen molar-refractivity contribution in [2.75, 3.05) is 5.32 Å². The first-order chi connectivity index (χ1) is 9.38. The number of hydrogen-bond acceptors (Lipinski definition) is 2. The molecule has 0 radical (unpaired) electrons. The molecule has 0 fully saturated rings. The van der Waals surface area contributed by atoms with Crippen LogP contribution in [0.4, 0.5) is 18.9 Å². The van der Waals surface area contributed by atoms with Gasteiger partial charge in [0.05, 0.1) is 5.02 Å². The van der Waals surface area contributed by atoms with Crippen LogP contribution < -0.4 is 5.32 Å². The fourth-order valence-corrected chi connectivity index (χ4v) is 1.66. The van der Waals surface area contributed by atoms with Crippen molar-refractivity contribution >= 4 is 23.2 Å². The number of rotatable bonds is 2. The normalized spacial score (nSPS) is 10.4. The van der Waals surface area contributed by atoms with E-state index in [1.54, 1.807) is 0 Å². The summed E-state index contributed by atoms with van der Waals surface area (Å²) in [5.74, 6) is -5.58. The standard InChI is InChI=1S/C13H7ClF3NO2/c14-8-5-7(1-2-11(8)19)18-13(20)6-3-9(15)12(17)10(16)4-6/h1-5,19H,(H,18,20). The highest BCUT2D eigenvalue weighted by Gasteiger charge is 2.15. The summed E-state index contributed by atoms with van der Waals surface area (Å²) in [6, 6.07) is 5.00. The summed E-state index contributed by atoms with van der Waals surface area (Å²) in [5, 5.41) is 11.5. The molecule has 1 amide bonds. The van der Waals surface area contributed by atoms with Crippen LogP contribution in [0.3, 0.4) is 0 Å². The van der Waals surface area contributed by atoms with Crippen LogP contribution in [0.2, 0.25) is 5.02 Å². The first kappa shape index (κ1) is 14.2. The summed E-state index contributed by atoms with van der Waals surface area (Å²) >= 11 is 5.64. The zero-order valence-corrected chi connectivity index (χ0v) is 10.5. The van der Waals surface area contributed by atoms with E-state index in [4.69, 9.17) is 11.6 Å². The maximum atomic E-state index is 13.0. The number of carbonyl (C=O) groups is 1. The third-order valence-electron chi connectivity index (χ3n) is 2.45. The van der Waals surface area contributed by atoms with Crippen LogP contribution in [0.15, 0.2) is 30.3 Å². The summed E-state index contributed by atoms with van der Waals surface area (Å²) in [5.41, 5.74) is -0.173. The van der Waals surface area contributed by atoms with Crippen LogP contribution in [0.25, 0.3) is 0 Å². The summed E-state index contributed by atoms with van der Waals surface area (Å²) in [4.78, 5) is 11.8. The molecule has 2 rings (SSSR count). The first-order valence-electron chi connectivity index (χ1n) is 5.33. The number of amides is 1. The molecule has 2 N–H and O–H groups in total. The number of phenols is 1. The molecular formula is C13H7ClF3NO2. The first-order valence-corrected chi connectivity index (χ1v) is 5.70. The maximum absolute atomic E-state index is 13.0. The van der Waals surface area contributed by atoms with Crippen molar-refractivity contribution in [3.63, 3.8) is 0 Å². The van der Waals surface area contributed by atoms with Gasteiger partial charge in [-0.3, -0.25) is 4.79 Å². The Balaban J connectivity index is 2.26. The van der Waals surface area contributed by atoms with Crippen molar-refractivity contribution in [3.8, 4) is 5.75 Å². The van der Waals surface area contributed by atoms with Crippen LogP contribution in [0, 0.1) is 17.5 Å². The Morgan fingerprint density at radius 1 is 1.10 bits per heavy atom. The third kappa shape index (κ3) is 2.85. The Hall–Kier alpha value is -2.21. The predicted molar refractivity (Wildman–Crippen MR) is 67.4 cm³/mol. The van der Waals surface area contributed by atoms with E-state index in [1.807, 2.05) is 0 Å². The molecule has 0 aromatic heterocycles. The molecule has 0 aliphatic heterocycles. The summed E-state index contributed by atoms with van der Waals surface area (Å²) in [6.07, 6.45) is 0. The van der Waals surface area contributed by atoms with E-state index in [-0.39, 0.29) is 22.0 Å². The van der Waals surface area contributed by atoms with Gasteiger partial charge in [-0.15, -0.1) is 0 Å².